The second-order valence-electron chi connectivity index (χ2n) is 19.0. The van der Waals surface area contributed by atoms with Crippen molar-refractivity contribution in [2.24, 2.45) is 29.6 Å². The number of methoxy groups -OCH3 is 3. The Morgan fingerprint density at radius 2 is 1.59 bits per heavy atom. The van der Waals surface area contributed by atoms with Gasteiger partial charge in [-0.25, -0.2) is 4.79 Å². The van der Waals surface area contributed by atoms with E-state index >= 15 is 0 Å². The number of nitrogens with zero attached hydrogens (tertiary/aromatic N) is 1. The van der Waals surface area contributed by atoms with Crippen molar-refractivity contribution in [3.8, 4) is 0 Å². The molecule has 360 valence electrons. The standard InChI is InChI=1S/C50H77NO13/c1-30-17-13-11-10-12-14-18-31(2)44(54)46(62-9)45(55)34(5)25-32(3)40(53)29-42(33(4)26-36-21-23-39(52)43(27-36)61-8)63-49(58)38-19-15-16-24-51(38)48(57)47(56)50(59)35(6)20-22-37(64-50)28-41(30)60-7/h10-13,17,25,31-33,35-39,41-43,45-46,52,55,59H,14-16,18-24,26-29H2,1-9H3/b12-10-,13-11+,30-17+,34-25+/t31-,32-,33-,35-,36-,37+,38+,39-,41+,42+,43-,45-,46+,50-/m1/s1. The van der Waals surface area contributed by atoms with Crippen LogP contribution < -0.4 is 0 Å². The third-order valence-corrected chi connectivity index (χ3v) is 14.2. The van der Waals surface area contributed by atoms with Crippen molar-refractivity contribution >= 4 is 29.2 Å². The number of cyclic esters (lactones) is 1. The molecule has 0 spiro atoms. The number of aliphatic hydroxyl groups is 3. The lowest BCUT2D eigenvalue weighted by Crippen LogP contribution is -2.61. The molecule has 0 aromatic rings. The van der Waals surface area contributed by atoms with E-state index in [1.54, 1.807) is 48.0 Å². The molecule has 4 aliphatic rings. The van der Waals surface area contributed by atoms with Gasteiger partial charge in [-0.2, -0.15) is 0 Å². The first kappa shape index (κ1) is 53.2. The van der Waals surface area contributed by atoms with Crippen molar-refractivity contribution in [2.75, 3.05) is 27.9 Å². The van der Waals surface area contributed by atoms with Crippen LogP contribution in [0.5, 0.6) is 0 Å². The predicted octanol–water partition coefficient (Wildman–Crippen LogP) is 5.93. The SMILES string of the molecule is CO[C@H]1C[C@@H]2CC[C@@H](C)[C@@](O)(O2)C(=O)C(=O)N2CCCC[C@H]2C(=O)O[C@H]([C@H](C)C[C@H]2CC[C@@H](O)[C@H](OC)C2)CC(=O)[C@H](C)/C=C(\C)[C@@H](O)[C@@H](OC)C(=O)[C@H](C)CC\C=C/C=C/C=C/1C. The highest BCUT2D eigenvalue weighted by atomic mass is 16.6. The van der Waals surface area contributed by atoms with Crippen molar-refractivity contribution < 1.29 is 63.0 Å². The first-order valence-electron chi connectivity index (χ1n) is 23.5. The zero-order valence-corrected chi connectivity index (χ0v) is 39.7. The van der Waals surface area contributed by atoms with Crippen LogP contribution in [0.1, 0.15) is 125 Å². The second-order valence-corrected chi connectivity index (χ2v) is 19.0. The summed E-state index contributed by atoms with van der Waals surface area (Å²) in [5, 5.41) is 33.7. The molecular formula is C50H77NO13. The molecular weight excluding hydrogens is 823 g/mol. The third-order valence-electron chi connectivity index (χ3n) is 14.2. The summed E-state index contributed by atoms with van der Waals surface area (Å²) >= 11 is 0. The first-order valence-corrected chi connectivity index (χ1v) is 23.5. The van der Waals surface area contributed by atoms with E-state index in [9.17, 15) is 39.3 Å². The monoisotopic (exact) mass is 900 g/mol. The van der Waals surface area contributed by atoms with Gasteiger partial charge < -0.3 is 43.9 Å². The van der Waals surface area contributed by atoms with Gasteiger partial charge in [0.15, 0.2) is 5.78 Å². The summed E-state index contributed by atoms with van der Waals surface area (Å²) < 4.78 is 29.3. The lowest BCUT2D eigenvalue weighted by atomic mass is 9.78. The average Bonchev–Trinajstić information content (AvgIpc) is 3.28. The number of amides is 1. The van der Waals surface area contributed by atoms with Crippen LogP contribution >= 0.6 is 0 Å². The van der Waals surface area contributed by atoms with Crippen LogP contribution in [0.15, 0.2) is 47.6 Å². The van der Waals surface area contributed by atoms with Gasteiger partial charge in [0.05, 0.1) is 24.4 Å². The Labute approximate surface area is 380 Å². The Morgan fingerprint density at radius 3 is 2.28 bits per heavy atom. The predicted molar refractivity (Wildman–Crippen MR) is 241 cm³/mol. The number of piperidine rings is 1. The number of carbonyl (C=O) groups is 5. The van der Waals surface area contributed by atoms with Gasteiger partial charge in [0, 0.05) is 58.5 Å². The minimum absolute atomic E-state index is 0.0891. The van der Waals surface area contributed by atoms with Crippen molar-refractivity contribution in [3.63, 3.8) is 0 Å². The number of ketones is 3. The Morgan fingerprint density at radius 1 is 0.859 bits per heavy atom. The zero-order valence-electron chi connectivity index (χ0n) is 39.7. The maximum atomic E-state index is 14.3. The Balaban J connectivity index is 1.69. The molecule has 2 bridgehead atoms. The molecule has 1 amide bonds. The Kier molecular flexibility index (Phi) is 20.8. The lowest BCUT2D eigenvalue weighted by molar-refractivity contribution is -0.265. The topological polar surface area (TPSA) is 195 Å². The molecule has 4 rings (SSSR count). The summed E-state index contributed by atoms with van der Waals surface area (Å²) in [6, 6.07) is -1.14. The Bertz CT molecular complexity index is 1720. The van der Waals surface area contributed by atoms with E-state index in [0.29, 0.717) is 69.8 Å². The minimum Gasteiger partial charge on any atom is -0.460 e. The van der Waals surface area contributed by atoms with E-state index < -0.39 is 83.9 Å². The first-order chi connectivity index (χ1) is 30.4. The van der Waals surface area contributed by atoms with Crippen LogP contribution in [0.4, 0.5) is 0 Å². The summed E-state index contributed by atoms with van der Waals surface area (Å²) in [5.41, 5.74) is 1.27. The van der Waals surface area contributed by atoms with Gasteiger partial charge in [-0.3, -0.25) is 19.2 Å². The molecule has 0 radical (unpaired) electrons. The molecule has 1 saturated carbocycles. The quantitative estimate of drug-likeness (QED) is 0.161. The fraction of sp³-hybridized carbons (Fsp3) is 0.740. The van der Waals surface area contributed by atoms with Gasteiger partial charge in [0.25, 0.3) is 11.7 Å². The number of esters is 1. The molecule has 0 aromatic heterocycles. The largest absolute Gasteiger partial charge is 0.460 e. The van der Waals surface area contributed by atoms with Crippen LogP contribution in [-0.4, -0.2) is 132 Å². The summed E-state index contributed by atoms with van der Waals surface area (Å²) in [6.07, 6.45) is 11.8. The maximum Gasteiger partial charge on any atom is 0.329 e. The van der Waals surface area contributed by atoms with E-state index in [4.69, 9.17) is 23.7 Å². The van der Waals surface area contributed by atoms with Crippen molar-refractivity contribution in [1.29, 1.82) is 0 Å². The molecule has 2 saturated heterocycles. The number of hydrogen-bond donors (Lipinski definition) is 3. The van der Waals surface area contributed by atoms with E-state index in [1.807, 2.05) is 44.2 Å². The van der Waals surface area contributed by atoms with Gasteiger partial charge in [0.2, 0.25) is 5.79 Å². The second kappa shape index (κ2) is 25.0. The number of fused-ring (bicyclic) bond motifs is 3. The van der Waals surface area contributed by atoms with Crippen molar-refractivity contribution in [3.05, 3.63) is 47.6 Å². The summed E-state index contributed by atoms with van der Waals surface area (Å²) in [7, 11) is 4.51. The van der Waals surface area contributed by atoms with Crippen LogP contribution in [0.3, 0.4) is 0 Å². The smallest absolute Gasteiger partial charge is 0.329 e. The van der Waals surface area contributed by atoms with Crippen LogP contribution in [0.2, 0.25) is 0 Å². The van der Waals surface area contributed by atoms with E-state index in [-0.39, 0.29) is 48.9 Å². The van der Waals surface area contributed by atoms with Gasteiger partial charge in [0.1, 0.15) is 30.1 Å². The molecule has 3 N–H and O–H groups in total. The van der Waals surface area contributed by atoms with E-state index in [2.05, 4.69) is 0 Å². The zero-order chi connectivity index (χ0) is 47.3. The van der Waals surface area contributed by atoms with E-state index in [0.717, 1.165) is 12.0 Å². The van der Waals surface area contributed by atoms with Crippen LogP contribution in [-0.2, 0) is 47.7 Å². The molecule has 14 heteroatoms. The number of aliphatic hydroxyl groups excluding tert-OH is 2. The lowest BCUT2D eigenvalue weighted by Gasteiger charge is -2.42. The highest BCUT2D eigenvalue weighted by Gasteiger charge is 2.53. The van der Waals surface area contributed by atoms with Gasteiger partial charge in [-0.05, 0) is 107 Å². The average molecular weight is 900 g/mol. The normalized spacial score (nSPS) is 39.7. The van der Waals surface area contributed by atoms with Gasteiger partial charge in [-0.15, -0.1) is 0 Å². The molecule has 64 heavy (non-hydrogen) atoms. The molecule has 3 fully saturated rings. The van der Waals surface area contributed by atoms with Crippen LogP contribution in [0.25, 0.3) is 0 Å². The number of carbonyl (C=O) groups excluding carboxylic acids is 5. The number of allylic oxidation sites excluding steroid dienone is 6. The van der Waals surface area contributed by atoms with Crippen molar-refractivity contribution in [2.45, 2.75) is 180 Å². The molecule has 3 aliphatic heterocycles. The van der Waals surface area contributed by atoms with Crippen molar-refractivity contribution in [1.82, 2.24) is 4.90 Å². The van der Waals surface area contributed by atoms with Crippen LogP contribution in [0, 0.1) is 29.6 Å². The van der Waals surface area contributed by atoms with Gasteiger partial charge >= 0.3 is 5.97 Å². The molecule has 14 nitrogen and oxygen atoms in total. The molecule has 3 heterocycles. The number of hydrogen-bond acceptors (Lipinski definition) is 13. The highest BCUT2D eigenvalue weighted by molar-refractivity contribution is 6.39. The highest BCUT2D eigenvalue weighted by Crippen LogP contribution is 2.37. The molecule has 14 atom stereocenters. The molecule has 0 unspecified atom stereocenters. The number of Topliss-reactive ketones (excluding diaryl/α,β-unsaturated/α-hetero) is 3. The third kappa shape index (κ3) is 13.8. The summed E-state index contributed by atoms with van der Waals surface area (Å²) in [5.74, 6) is -7.93. The fourth-order valence-corrected chi connectivity index (χ4v) is 9.77. The fourth-order valence-electron chi connectivity index (χ4n) is 9.77. The summed E-state index contributed by atoms with van der Waals surface area (Å²) in [4.78, 5) is 71.5. The minimum atomic E-state index is -2.42. The number of ether oxygens (including phenoxy) is 5. The maximum absolute atomic E-state index is 14.3. The molecule has 1 aliphatic carbocycles. The van der Waals surface area contributed by atoms with E-state index in [1.165, 1.54) is 12.0 Å². The summed E-state index contributed by atoms with van der Waals surface area (Å²) in [6.45, 7) is 10.7. The molecule has 0 aromatic carbocycles. The van der Waals surface area contributed by atoms with Gasteiger partial charge in [-0.1, -0.05) is 64.2 Å². The number of rotatable bonds is 6. The Hall–Kier alpha value is -3.37.